The third-order valence-electron chi connectivity index (χ3n) is 2.59. The third-order valence-corrected chi connectivity index (χ3v) is 2.59. The lowest BCUT2D eigenvalue weighted by atomic mass is 10.1. The minimum atomic E-state index is -0.857. The SMILES string of the molecule is O=C(O)c1ccccc1N1CCNCC1. The number of nitrogens with one attached hydrogen (secondary N) is 1. The van der Waals surface area contributed by atoms with E-state index in [9.17, 15) is 4.79 Å². The summed E-state index contributed by atoms with van der Waals surface area (Å²) in [6.45, 7) is 3.55. The molecule has 1 aromatic carbocycles. The van der Waals surface area contributed by atoms with Crippen LogP contribution in [0.4, 0.5) is 5.69 Å². The van der Waals surface area contributed by atoms with Crippen LogP contribution in [0.1, 0.15) is 10.4 Å². The number of anilines is 1. The Labute approximate surface area is 88.5 Å². The standard InChI is InChI=1S/C11H14N2O2/c14-11(15)9-3-1-2-4-10(9)13-7-5-12-6-8-13/h1-4,12H,5-8H2,(H,14,15). The fraction of sp³-hybridized carbons (Fsp3) is 0.364. The van der Waals surface area contributed by atoms with Crippen molar-refractivity contribution in [1.82, 2.24) is 5.32 Å². The van der Waals surface area contributed by atoms with Gasteiger partial charge in [-0.25, -0.2) is 4.79 Å². The van der Waals surface area contributed by atoms with Crippen molar-refractivity contribution in [2.45, 2.75) is 0 Å². The summed E-state index contributed by atoms with van der Waals surface area (Å²) in [5.74, 6) is -0.857. The van der Waals surface area contributed by atoms with E-state index in [1.807, 2.05) is 12.1 Å². The Morgan fingerprint density at radius 3 is 2.60 bits per heavy atom. The summed E-state index contributed by atoms with van der Waals surface area (Å²) in [6.07, 6.45) is 0. The monoisotopic (exact) mass is 206 g/mol. The van der Waals surface area contributed by atoms with Gasteiger partial charge in [-0.2, -0.15) is 0 Å². The number of rotatable bonds is 2. The lowest BCUT2D eigenvalue weighted by Crippen LogP contribution is -2.44. The number of carboxylic acid groups (broad SMARTS) is 1. The molecule has 0 spiro atoms. The second kappa shape index (κ2) is 4.31. The van der Waals surface area contributed by atoms with E-state index in [-0.39, 0.29) is 0 Å². The van der Waals surface area contributed by atoms with Crippen molar-refractivity contribution < 1.29 is 9.90 Å². The van der Waals surface area contributed by atoms with Gasteiger partial charge < -0.3 is 15.3 Å². The van der Waals surface area contributed by atoms with Crippen molar-refractivity contribution in [2.24, 2.45) is 0 Å². The fourth-order valence-corrected chi connectivity index (χ4v) is 1.84. The van der Waals surface area contributed by atoms with E-state index in [4.69, 9.17) is 5.11 Å². The highest BCUT2D eigenvalue weighted by Gasteiger charge is 2.16. The summed E-state index contributed by atoms with van der Waals surface area (Å²) >= 11 is 0. The van der Waals surface area contributed by atoms with Crippen molar-refractivity contribution in [3.05, 3.63) is 29.8 Å². The molecule has 0 aliphatic carbocycles. The van der Waals surface area contributed by atoms with Crippen molar-refractivity contribution >= 4 is 11.7 Å². The zero-order valence-corrected chi connectivity index (χ0v) is 8.44. The molecule has 1 fully saturated rings. The van der Waals surface area contributed by atoms with Gasteiger partial charge in [0.2, 0.25) is 0 Å². The zero-order chi connectivity index (χ0) is 10.7. The molecule has 1 saturated heterocycles. The molecule has 0 radical (unpaired) electrons. The Bertz CT molecular complexity index is 359. The Morgan fingerprint density at radius 2 is 1.93 bits per heavy atom. The summed E-state index contributed by atoms with van der Waals surface area (Å²) in [4.78, 5) is 13.1. The van der Waals surface area contributed by atoms with Gasteiger partial charge in [0, 0.05) is 26.2 Å². The van der Waals surface area contributed by atoms with Gasteiger partial charge in [-0.1, -0.05) is 12.1 Å². The minimum absolute atomic E-state index is 0.388. The molecule has 1 heterocycles. The van der Waals surface area contributed by atoms with E-state index < -0.39 is 5.97 Å². The summed E-state index contributed by atoms with van der Waals surface area (Å²) in [7, 11) is 0. The highest BCUT2D eigenvalue weighted by Crippen LogP contribution is 2.20. The van der Waals surface area contributed by atoms with Crippen LogP contribution in [-0.2, 0) is 0 Å². The molecular weight excluding hydrogens is 192 g/mol. The van der Waals surface area contributed by atoms with E-state index in [2.05, 4.69) is 10.2 Å². The first kappa shape index (κ1) is 9.98. The topological polar surface area (TPSA) is 52.6 Å². The number of aromatic carboxylic acids is 1. The summed E-state index contributed by atoms with van der Waals surface area (Å²) in [5, 5.41) is 12.3. The smallest absolute Gasteiger partial charge is 0.337 e. The summed E-state index contributed by atoms with van der Waals surface area (Å²) in [5.41, 5.74) is 1.21. The van der Waals surface area contributed by atoms with Crippen LogP contribution in [0.3, 0.4) is 0 Å². The van der Waals surface area contributed by atoms with Crippen LogP contribution >= 0.6 is 0 Å². The maximum Gasteiger partial charge on any atom is 0.337 e. The number of carboxylic acids is 1. The number of piperazine rings is 1. The molecule has 2 rings (SSSR count). The molecule has 0 atom stereocenters. The molecular formula is C11H14N2O2. The first-order valence-electron chi connectivity index (χ1n) is 5.07. The predicted molar refractivity (Wildman–Crippen MR) is 58.5 cm³/mol. The lowest BCUT2D eigenvalue weighted by Gasteiger charge is -2.30. The number of nitrogens with zero attached hydrogens (tertiary/aromatic N) is 1. The first-order valence-corrected chi connectivity index (χ1v) is 5.07. The largest absolute Gasteiger partial charge is 0.478 e. The minimum Gasteiger partial charge on any atom is -0.478 e. The van der Waals surface area contributed by atoms with Crippen LogP contribution in [0.15, 0.2) is 24.3 Å². The molecule has 1 aliphatic heterocycles. The van der Waals surface area contributed by atoms with Crippen molar-refractivity contribution in [3.8, 4) is 0 Å². The average molecular weight is 206 g/mol. The van der Waals surface area contributed by atoms with E-state index in [0.29, 0.717) is 5.56 Å². The molecule has 0 bridgehead atoms. The highest BCUT2D eigenvalue weighted by molar-refractivity contribution is 5.94. The second-order valence-corrected chi connectivity index (χ2v) is 3.56. The Hall–Kier alpha value is -1.55. The van der Waals surface area contributed by atoms with Crippen molar-refractivity contribution in [2.75, 3.05) is 31.1 Å². The third kappa shape index (κ3) is 2.10. The highest BCUT2D eigenvalue weighted by atomic mass is 16.4. The van der Waals surface area contributed by atoms with E-state index in [1.165, 1.54) is 0 Å². The molecule has 15 heavy (non-hydrogen) atoms. The normalized spacial score (nSPS) is 16.4. The van der Waals surface area contributed by atoms with Crippen LogP contribution in [-0.4, -0.2) is 37.3 Å². The molecule has 0 unspecified atom stereocenters. The Balaban J connectivity index is 2.29. The van der Waals surface area contributed by atoms with Crippen LogP contribution in [0.5, 0.6) is 0 Å². The maximum absolute atomic E-state index is 11.0. The number of benzene rings is 1. The van der Waals surface area contributed by atoms with Gasteiger partial charge in [-0.3, -0.25) is 0 Å². The molecule has 80 valence electrons. The number of hydrogen-bond acceptors (Lipinski definition) is 3. The number of hydrogen-bond donors (Lipinski definition) is 2. The molecule has 4 heteroatoms. The van der Waals surface area contributed by atoms with Crippen LogP contribution < -0.4 is 10.2 Å². The summed E-state index contributed by atoms with van der Waals surface area (Å²) < 4.78 is 0. The molecule has 4 nitrogen and oxygen atoms in total. The van der Waals surface area contributed by atoms with E-state index >= 15 is 0 Å². The van der Waals surface area contributed by atoms with E-state index in [1.54, 1.807) is 12.1 Å². The molecule has 1 aliphatic rings. The second-order valence-electron chi connectivity index (χ2n) is 3.56. The van der Waals surface area contributed by atoms with E-state index in [0.717, 1.165) is 31.9 Å². The van der Waals surface area contributed by atoms with Crippen LogP contribution in [0.25, 0.3) is 0 Å². The molecule has 0 saturated carbocycles. The average Bonchev–Trinajstić information content (AvgIpc) is 2.30. The lowest BCUT2D eigenvalue weighted by molar-refractivity contribution is 0.0697. The quantitative estimate of drug-likeness (QED) is 0.751. The number of para-hydroxylation sites is 1. The first-order chi connectivity index (χ1) is 7.29. The Morgan fingerprint density at radius 1 is 1.27 bits per heavy atom. The van der Waals surface area contributed by atoms with Gasteiger partial charge in [0.25, 0.3) is 0 Å². The van der Waals surface area contributed by atoms with Gasteiger partial charge in [-0.15, -0.1) is 0 Å². The van der Waals surface area contributed by atoms with Gasteiger partial charge in [0.05, 0.1) is 11.3 Å². The predicted octanol–water partition coefficient (Wildman–Crippen LogP) is 0.794. The van der Waals surface area contributed by atoms with Crippen LogP contribution in [0.2, 0.25) is 0 Å². The van der Waals surface area contributed by atoms with Crippen molar-refractivity contribution in [3.63, 3.8) is 0 Å². The van der Waals surface area contributed by atoms with Gasteiger partial charge in [0.15, 0.2) is 0 Å². The number of carbonyl (C=O) groups is 1. The van der Waals surface area contributed by atoms with Gasteiger partial charge >= 0.3 is 5.97 Å². The fourth-order valence-electron chi connectivity index (χ4n) is 1.84. The van der Waals surface area contributed by atoms with Crippen molar-refractivity contribution in [1.29, 1.82) is 0 Å². The van der Waals surface area contributed by atoms with Crippen LogP contribution in [0, 0.1) is 0 Å². The van der Waals surface area contributed by atoms with Gasteiger partial charge in [-0.05, 0) is 12.1 Å². The maximum atomic E-state index is 11.0. The molecule has 2 N–H and O–H groups in total. The molecule has 0 aromatic heterocycles. The molecule has 1 aromatic rings. The van der Waals surface area contributed by atoms with Gasteiger partial charge in [0.1, 0.15) is 0 Å². The molecule has 0 amide bonds. The zero-order valence-electron chi connectivity index (χ0n) is 8.44. The summed E-state index contributed by atoms with van der Waals surface area (Å²) in [6, 6.07) is 7.16. The Kier molecular flexibility index (Phi) is 2.87.